The number of carbonyl (C=O) groups is 3. The molecule has 0 bridgehead atoms. The molecule has 0 aliphatic carbocycles. The largest absolute Gasteiger partial charge is 0.467 e. The number of rotatable bonds is 11. The van der Waals surface area contributed by atoms with Gasteiger partial charge < -0.3 is 19.5 Å². The minimum absolute atomic E-state index is 0.0954. The molecule has 2 aromatic heterocycles. The van der Waals surface area contributed by atoms with Crippen LogP contribution in [-0.4, -0.2) is 24.3 Å². The standard InChI is InChI=1S/C30H31N3O5/c1-3-21(2)22-13-15-24(16-14-22)33(27(34)20-32-29(35)26-12-8-18-38-26)28(23-9-5-4-6-10-23)30(36)31-19-25-11-7-17-37-25/h4-18,21,28H,3,19-20H2,1-2H3,(H,31,36)(H,32,35). The van der Waals surface area contributed by atoms with Crippen LogP contribution in [0.5, 0.6) is 0 Å². The zero-order chi connectivity index (χ0) is 26.9. The van der Waals surface area contributed by atoms with Gasteiger partial charge in [-0.25, -0.2) is 0 Å². The van der Waals surface area contributed by atoms with Crippen LogP contribution in [-0.2, 0) is 16.1 Å². The van der Waals surface area contributed by atoms with Gasteiger partial charge in [-0.2, -0.15) is 0 Å². The average molecular weight is 514 g/mol. The Bertz CT molecular complexity index is 1320. The van der Waals surface area contributed by atoms with Gasteiger partial charge in [0.05, 0.1) is 25.6 Å². The fraction of sp³-hybridized carbons (Fsp3) is 0.233. The monoisotopic (exact) mass is 513 g/mol. The van der Waals surface area contributed by atoms with Gasteiger partial charge >= 0.3 is 0 Å². The summed E-state index contributed by atoms with van der Waals surface area (Å²) in [6, 6.07) is 22.3. The molecule has 0 saturated carbocycles. The second kappa shape index (κ2) is 12.6. The minimum Gasteiger partial charge on any atom is -0.467 e. The van der Waals surface area contributed by atoms with E-state index in [1.807, 2.05) is 42.5 Å². The molecule has 0 aliphatic heterocycles. The average Bonchev–Trinajstić information content (AvgIpc) is 3.68. The fourth-order valence-corrected chi connectivity index (χ4v) is 4.11. The van der Waals surface area contributed by atoms with Crippen molar-refractivity contribution in [3.8, 4) is 0 Å². The molecule has 0 spiro atoms. The molecule has 8 nitrogen and oxygen atoms in total. The molecule has 3 amide bonds. The predicted octanol–water partition coefficient (Wildman–Crippen LogP) is 5.21. The summed E-state index contributed by atoms with van der Waals surface area (Å²) in [5.41, 5.74) is 2.30. The van der Waals surface area contributed by atoms with E-state index in [2.05, 4.69) is 24.5 Å². The van der Waals surface area contributed by atoms with E-state index in [0.717, 1.165) is 12.0 Å². The van der Waals surface area contributed by atoms with Crippen LogP contribution in [0.4, 0.5) is 5.69 Å². The Labute approximate surface area is 221 Å². The van der Waals surface area contributed by atoms with E-state index in [-0.39, 0.29) is 24.8 Å². The molecule has 2 atom stereocenters. The molecule has 2 aromatic carbocycles. The third-order valence-electron chi connectivity index (χ3n) is 6.41. The van der Waals surface area contributed by atoms with E-state index < -0.39 is 17.9 Å². The maximum Gasteiger partial charge on any atom is 0.287 e. The van der Waals surface area contributed by atoms with E-state index >= 15 is 0 Å². The van der Waals surface area contributed by atoms with Gasteiger partial charge in [0.2, 0.25) is 11.8 Å². The van der Waals surface area contributed by atoms with Gasteiger partial charge in [-0.3, -0.25) is 19.3 Å². The Balaban J connectivity index is 1.67. The predicted molar refractivity (Wildman–Crippen MR) is 143 cm³/mol. The first-order chi connectivity index (χ1) is 18.5. The van der Waals surface area contributed by atoms with E-state index in [0.29, 0.717) is 22.9 Å². The maximum absolute atomic E-state index is 13.7. The molecule has 0 fully saturated rings. The Kier molecular flexibility index (Phi) is 8.77. The van der Waals surface area contributed by atoms with Crippen LogP contribution in [0.15, 0.2) is 100 Å². The highest BCUT2D eigenvalue weighted by Gasteiger charge is 2.33. The molecule has 2 unspecified atom stereocenters. The van der Waals surface area contributed by atoms with Gasteiger partial charge in [-0.15, -0.1) is 0 Å². The Hall–Kier alpha value is -4.59. The summed E-state index contributed by atoms with van der Waals surface area (Å²) in [5, 5.41) is 5.49. The first kappa shape index (κ1) is 26.5. The highest BCUT2D eigenvalue weighted by Crippen LogP contribution is 2.30. The van der Waals surface area contributed by atoms with Crippen LogP contribution in [0, 0.1) is 0 Å². The molecule has 38 heavy (non-hydrogen) atoms. The highest BCUT2D eigenvalue weighted by atomic mass is 16.3. The summed E-state index contributed by atoms with van der Waals surface area (Å²) in [6.07, 6.45) is 3.89. The van der Waals surface area contributed by atoms with Gasteiger partial charge in [0.15, 0.2) is 5.76 Å². The number of furan rings is 2. The fourth-order valence-electron chi connectivity index (χ4n) is 4.11. The van der Waals surface area contributed by atoms with E-state index in [1.165, 1.54) is 23.5 Å². The molecule has 4 rings (SSSR count). The van der Waals surface area contributed by atoms with Gasteiger partial charge in [0.25, 0.3) is 5.91 Å². The van der Waals surface area contributed by atoms with Crippen LogP contribution in [0.3, 0.4) is 0 Å². The number of hydrogen-bond acceptors (Lipinski definition) is 5. The molecular weight excluding hydrogens is 482 g/mol. The van der Waals surface area contributed by atoms with Crippen molar-refractivity contribution in [1.29, 1.82) is 0 Å². The third-order valence-corrected chi connectivity index (χ3v) is 6.41. The van der Waals surface area contributed by atoms with Crippen molar-refractivity contribution >= 4 is 23.4 Å². The number of nitrogens with zero attached hydrogens (tertiary/aromatic N) is 1. The first-order valence-corrected chi connectivity index (χ1v) is 12.6. The lowest BCUT2D eigenvalue weighted by atomic mass is 9.97. The second-order valence-corrected chi connectivity index (χ2v) is 8.93. The number of anilines is 1. The number of benzene rings is 2. The molecule has 0 aliphatic rings. The molecular formula is C30H31N3O5. The SMILES string of the molecule is CCC(C)c1ccc(N(C(=O)CNC(=O)c2ccco2)C(C(=O)NCc2ccco2)c2ccccc2)cc1. The molecule has 0 saturated heterocycles. The maximum atomic E-state index is 13.7. The lowest BCUT2D eigenvalue weighted by Crippen LogP contribution is -2.47. The van der Waals surface area contributed by atoms with Crippen molar-refractivity contribution in [3.63, 3.8) is 0 Å². The smallest absolute Gasteiger partial charge is 0.287 e. The normalized spacial score (nSPS) is 12.4. The molecule has 4 aromatic rings. The highest BCUT2D eigenvalue weighted by molar-refractivity contribution is 6.04. The number of hydrogen-bond donors (Lipinski definition) is 2. The number of amides is 3. The van der Waals surface area contributed by atoms with Gasteiger partial charge in [0.1, 0.15) is 11.8 Å². The molecule has 2 heterocycles. The second-order valence-electron chi connectivity index (χ2n) is 8.93. The third kappa shape index (κ3) is 6.39. The van der Waals surface area contributed by atoms with Crippen LogP contribution in [0.25, 0.3) is 0 Å². The molecule has 196 valence electrons. The van der Waals surface area contributed by atoms with Crippen molar-refractivity contribution in [1.82, 2.24) is 10.6 Å². The topological polar surface area (TPSA) is 105 Å². The minimum atomic E-state index is -0.992. The van der Waals surface area contributed by atoms with Crippen LogP contribution in [0.2, 0.25) is 0 Å². The van der Waals surface area contributed by atoms with Crippen molar-refractivity contribution in [3.05, 3.63) is 114 Å². The lowest BCUT2D eigenvalue weighted by Gasteiger charge is -2.32. The van der Waals surface area contributed by atoms with Gasteiger partial charge in [-0.05, 0) is 59.9 Å². The van der Waals surface area contributed by atoms with Crippen LogP contribution >= 0.6 is 0 Å². The summed E-state index contributed by atoms with van der Waals surface area (Å²) in [5.74, 6) is -0.325. The number of nitrogens with one attached hydrogen (secondary N) is 2. The van der Waals surface area contributed by atoms with E-state index in [1.54, 1.807) is 30.3 Å². The first-order valence-electron chi connectivity index (χ1n) is 12.6. The van der Waals surface area contributed by atoms with Crippen molar-refractivity contribution in [2.75, 3.05) is 11.4 Å². The Morgan fingerprint density at radius 2 is 1.53 bits per heavy atom. The van der Waals surface area contributed by atoms with Gasteiger partial charge in [0, 0.05) is 5.69 Å². The summed E-state index contributed by atoms with van der Waals surface area (Å²) >= 11 is 0. The summed E-state index contributed by atoms with van der Waals surface area (Å²) in [7, 11) is 0. The molecule has 8 heteroatoms. The van der Waals surface area contributed by atoms with Gasteiger partial charge in [-0.1, -0.05) is 56.3 Å². The van der Waals surface area contributed by atoms with Crippen molar-refractivity contribution in [2.24, 2.45) is 0 Å². The van der Waals surface area contributed by atoms with Crippen molar-refractivity contribution < 1.29 is 23.2 Å². The zero-order valence-corrected chi connectivity index (χ0v) is 21.4. The lowest BCUT2D eigenvalue weighted by molar-refractivity contribution is -0.126. The quantitative estimate of drug-likeness (QED) is 0.287. The zero-order valence-electron chi connectivity index (χ0n) is 21.4. The number of carbonyl (C=O) groups excluding carboxylic acids is 3. The summed E-state index contributed by atoms with van der Waals surface area (Å²) in [6.45, 7) is 4.09. The van der Waals surface area contributed by atoms with E-state index in [9.17, 15) is 14.4 Å². The molecule has 0 radical (unpaired) electrons. The van der Waals surface area contributed by atoms with Crippen LogP contribution < -0.4 is 15.5 Å². The Morgan fingerprint density at radius 3 is 2.16 bits per heavy atom. The Morgan fingerprint density at radius 1 is 0.816 bits per heavy atom. The summed E-state index contributed by atoms with van der Waals surface area (Å²) < 4.78 is 10.5. The summed E-state index contributed by atoms with van der Waals surface area (Å²) in [4.78, 5) is 41.3. The van der Waals surface area contributed by atoms with Crippen LogP contribution in [0.1, 0.15) is 59.7 Å². The van der Waals surface area contributed by atoms with Crippen molar-refractivity contribution in [2.45, 2.75) is 38.8 Å². The molecule has 2 N–H and O–H groups in total. The van der Waals surface area contributed by atoms with E-state index in [4.69, 9.17) is 8.83 Å².